The number of nitrogens with zero attached hydrogens (tertiary/aromatic N) is 2. The van der Waals surface area contributed by atoms with Crippen LogP contribution in [0.2, 0.25) is 0 Å². The SMILES string of the molecule is CC(C)c1c(F)cc(-c2cccc3nn(CF)cc23)cc1F. The lowest BCUT2D eigenvalue weighted by Gasteiger charge is -2.11. The van der Waals surface area contributed by atoms with Crippen molar-refractivity contribution < 1.29 is 13.2 Å². The smallest absolute Gasteiger partial charge is 0.181 e. The Kier molecular flexibility index (Phi) is 3.64. The summed E-state index contributed by atoms with van der Waals surface area (Å²) in [6.45, 7) is 2.74. The maximum absolute atomic E-state index is 14.2. The molecule has 2 aromatic carbocycles. The number of halogens is 3. The van der Waals surface area contributed by atoms with Gasteiger partial charge in [-0.15, -0.1) is 0 Å². The monoisotopic (exact) mass is 304 g/mol. The van der Waals surface area contributed by atoms with Gasteiger partial charge in [-0.3, -0.25) is 0 Å². The van der Waals surface area contributed by atoms with Crippen molar-refractivity contribution in [3.05, 3.63) is 53.7 Å². The van der Waals surface area contributed by atoms with Crippen LogP contribution in [0, 0.1) is 11.6 Å². The van der Waals surface area contributed by atoms with Gasteiger partial charge in [0.25, 0.3) is 0 Å². The first kappa shape index (κ1) is 14.6. The molecule has 0 bridgehead atoms. The van der Waals surface area contributed by atoms with E-state index in [1.165, 1.54) is 18.3 Å². The predicted molar refractivity (Wildman–Crippen MR) is 80.3 cm³/mol. The van der Waals surface area contributed by atoms with Gasteiger partial charge in [0.2, 0.25) is 0 Å². The van der Waals surface area contributed by atoms with E-state index in [0.29, 0.717) is 22.0 Å². The highest BCUT2D eigenvalue weighted by Crippen LogP contribution is 2.32. The Morgan fingerprint density at radius 2 is 1.82 bits per heavy atom. The summed E-state index contributed by atoms with van der Waals surface area (Å²) in [5.74, 6) is -1.38. The molecule has 114 valence electrons. The minimum absolute atomic E-state index is 0.0791. The standard InChI is InChI=1S/C17H15F3N2/c1-10(2)17-14(19)6-11(7-15(17)20)12-4-3-5-16-13(12)8-22(9-18)21-16/h3-8,10H,9H2,1-2H3. The average molecular weight is 304 g/mol. The zero-order valence-corrected chi connectivity index (χ0v) is 12.3. The van der Waals surface area contributed by atoms with Gasteiger partial charge < -0.3 is 0 Å². The van der Waals surface area contributed by atoms with E-state index in [4.69, 9.17) is 0 Å². The molecular weight excluding hydrogens is 289 g/mol. The summed E-state index contributed by atoms with van der Waals surface area (Å²) >= 11 is 0. The minimum Gasteiger partial charge on any atom is -0.241 e. The van der Waals surface area contributed by atoms with Gasteiger partial charge >= 0.3 is 0 Å². The number of rotatable bonds is 3. The fraction of sp³-hybridized carbons (Fsp3) is 0.235. The topological polar surface area (TPSA) is 17.8 Å². The van der Waals surface area contributed by atoms with Crippen molar-refractivity contribution in [1.82, 2.24) is 9.78 Å². The molecule has 1 aromatic heterocycles. The van der Waals surface area contributed by atoms with Gasteiger partial charge in [0.05, 0.1) is 5.52 Å². The second kappa shape index (κ2) is 5.48. The Balaban J connectivity index is 2.21. The molecule has 0 unspecified atom stereocenters. The summed E-state index contributed by atoms with van der Waals surface area (Å²) in [6.07, 6.45) is 1.54. The molecule has 0 fully saturated rings. The van der Waals surface area contributed by atoms with Crippen molar-refractivity contribution in [3.8, 4) is 11.1 Å². The maximum Gasteiger partial charge on any atom is 0.181 e. The summed E-state index contributed by atoms with van der Waals surface area (Å²) in [5, 5.41) is 4.73. The number of fused-ring (bicyclic) bond motifs is 1. The minimum atomic E-state index is -0.747. The molecule has 22 heavy (non-hydrogen) atoms. The van der Waals surface area contributed by atoms with E-state index in [1.807, 2.05) is 0 Å². The first-order chi connectivity index (χ1) is 10.5. The Bertz CT molecular complexity index is 814. The van der Waals surface area contributed by atoms with Gasteiger partial charge in [-0.1, -0.05) is 26.0 Å². The molecule has 0 aliphatic carbocycles. The van der Waals surface area contributed by atoms with E-state index >= 15 is 0 Å². The Hall–Kier alpha value is -2.30. The van der Waals surface area contributed by atoms with Crippen molar-refractivity contribution in [2.75, 3.05) is 0 Å². The summed E-state index contributed by atoms with van der Waals surface area (Å²) in [4.78, 5) is 0. The molecule has 0 saturated heterocycles. The number of benzene rings is 2. The van der Waals surface area contributed by atoms with E-state index in [-0.39, 0.29) is 11.5 Å². The highest BCUT2D eigenvalue weighted by molar-refractivity contribution is 5.94. The third kappa shape index (κ3) is 2.36. The molecule has 0 spiro atoms. The van der Waals surface area contributed by atoms with Gasteiger partial charge in [-0.25, -0.2) is 17.9 Å². The molecule has 0 radical (unpaired) electrons. The second-order valence-corrected chi connectivity index (χ2v) is 5.53. The van der Waals surface area contributed by atoms with Crippen LogP contribution in [0.5, 0.6) is 0 Å². The largest absolute Gasteiger partial charge is 0.241 e. The van der Waals surface area contributed by atoms with Crippen molar-refractivity contribution in [2.45, 2.75) is 26.6 Å². The molecule has 3 rings (SSSR count). The van der Waals surface area contributed by atoms with Crippen LogP contribution in [-0.4, -0.2) is 9.78 Å². The van der Waals surface area contributed by atoms with Crippen LogP contribution in [0.25, 0.3) is 22.0 Å². The fourth-order valence-corrected chi connectivity index (χ4v) is 2.70. The van der Waals surface area contributed by atoms with Gasteiger partial charge in [-0.2, -0.15) is 5.10 Å². The lowest BCUT2D eigenvalue weighted by atomic mass is 9.96. The number of aromatic nitrogens is 2. The van der Waals surface area contributed by atoms with Crippen LogP contribution in [-0.2, 0) is 6.80 Å². The van der Waals surface area contributed by atoms with Crippen LogP contribution in [0.4, 0.5) is 13.2 Å². The molecule has 0 amide bonds. The lowest BCUT2D eigenvalue weighted by molar-refractivity contribution is 0.351. The van der Waals surface area contributed by atoms with Crippen molar-refractivity contribution in [1.29, 1.82) is 0 Å². The quantitative estimate of drug-likeness (QED) is 0.663. The molecule has 0 aliphatic rings. The Morgan fingerprint density at radius 3 is 2.41 bits per heavy atom. The number of hydrogen-bond acceptors (Lipinski definition) is 1. The van der Waals surface area contributed by atoms with Gasteiger partial charge in [0.15, 0.2) is 6.80 Å². The highest BCUT2D eigenvalue weighted by atomic mass is 19.1. The molecular formula is C17H15F3N2. The van der Waals surface area contributed by atoms with Crippen molar-refractivity contribution >= 4 is 10.9 Å². The third-order valence-electron chi connectivity index (χ3n) is 3.69. The maximum atomic E-state index is 14.2. The Morgan fingerprint density at radius 1 is 1.14 bits per heavy atom. The molecule has 0 atom stereocenters. The van der Waals surface area contributed by atoms with Crippen LogP contribution >= 0.6 is 0 Å². The summed E-state index contributed by atoms with van der Waals surface area (Å²) in [5.41, 5.74) is 1.72. The second-order valence-electron chi connectivity index (χ2n) is 5.53. The van der Waals surface area contributed by atoms with Crippen LogP contribution < -0.4 is 0 Å². The molecule has 2 nitrogen and oxygen atoms in total. The van der Waals surface area contributed by atoms with E-state index in [1.54, 1.807) is 32.0 Å². The zero-order valence-electron chi connectivity index (χ0n) is 12.3. The third-order valence-corrected chi connectivity index (χ3v) is 3.69. The number of hydrogen-bond donors (Lipinski definition) is 0. The fourth-order valence-electron chi connectivity index (χ4n) is 2.70. The molecule has 0 aliphatic heterocycles. The molecule has 5 heteroatoms. The van der Waals surface area contributed by atoms with E-state index in [9.17, 15) is 13.2 Å². The highest BCUT2D eigenvalue weighted by Gasteiger charge is 2.16. The van der Waals surface area contributed by atoms with E-state index in [0.717, 1.165) is 4.68 Å². The normalized spacial score (nSPS) is 11.5. The van der Waals surface area contributed by atoms with Crippen LogP contribution in [0.1, 0.15) is 25.3 Å². The molecule has 1 heterocycles. The predicted octanol–water partition coefficient (Wildman–Crippen LogP) is 5.03. The lowest BCUT2D eigenvalue weighted by Crippen LogP contribution is -1.99. The average Bonchev–Trinajstić information content (AvgIpc) is 2.88. The summed E-state index contributed by atoms with van der Waals surface area (Å²) < 4.78 is 42.3. The van der Waals surface area contributed by atoms with Gasteiger partial charge in [-0.05, 0) is 35.2 Å². The molecule has 0 N–H and O–H groups in total. The molecule has 3 aromatic rings. The molecule has 0 saturated carbocycles. The zero-order chi connectivity index (χ0) is 15.9. The van der Waals surface area contributed by atoms with Crippen LogP contribution in [0.3, 0.4) is 0 Å². The van der Waals surface area contributed by atoms with E-state index in [2.05, 4.69) is 5.10 Å². The van der Waals surface area contributed by atoms with Crippen LogP contribution in [0.15, 0.2) is 36.5 Å². The first-order valence-electron chi connectivity index (χ1n) is 7.02. The summed E-state index contributed by atoms with van der Waals surface area (Å²) in [6, 6.07) is 7.86. The van der Waals surface area contributed by atoms with Gasteiger partial charge in [0, 0.05) is 17.1 Å². The summed E-state index contributed by atoms with van der Waals surface area (Å²) in [7, 11) is 0. The Labute approximate surface area is 126 Å². The number of alkyl halides is 1. The van der Waals surface area contributed by atoms with Gasteiger partial charge in [0.1, 0.15) is 11.6 Å². The van der Waals surface area contributed by atoms with Crippen molar-refractivity contribution in [3.63, 3.8) is 0 Å². The first-order valence-corrected chi connectivity index (χ1v) is 7.02. The van der Waals surface area contributed by atoms with E-state index < -0.39 is 18.4 Å². The van der Waals surface area contributed by atoms with Crippen molar-refractivity contribution in [2.24, 2.45) is 0 Å².